The monoisotopic (exact) mass is 438 g/mol. The molecule has 0 fully saturated rings. The molecule has 0 aromatic heterocycles. The first-order chi connectivity index (χ1) is 14.3. The molecule has 0 radical (unpaired) electrons. The SMILES string of the molecule is Cc1ccc(NC(=O)c2ccc(N3C(=O)c4cc(Cl)c(Cl)cc4C3=O)cc2)cc1C. The van der Waals surface area contributed by atoms with Gasteiger partial charge in [-0.1, -0.05) is 29.3 Å². The van der Waals surface area contributed by atoms with Crippen LogP contribution in [-0.2, 0) is 0 Å². The number of hydrogen-bond acceptors (Lipinski definition) is 3. The Balaban J connectivity index is 1.56. The van der Waals surface area contributed by atoms with Crippen LogP contribution in [0, 0.1) is 13.8 Å². The number of nitrogens with zero attached hydrogens (tertiary/aromatic N) is 1. The number of aryl methyl sites for hydroxylation is 2. The summed E-state index contributed by atoms with van der Waals surface area (Å²) >= 11 is 12.0. The topological polar surface area (TPSA) is 66.5 Å². The smallest absolute Gasteiger partial charge is 0.266 e. The van der Waals surface area contributed by atoms with Crippen LogP contribution in [0.3, 0.4) is 0 Å². The second-order valence-electron chi connectivity index (χ2n) is 7.06. The molecule has 1 N–H and O–H groups in total. The highest BCUT2D eigenvalue weighted by molar-refractivity contribution is 6.44. The maximum atomic E-state index is 12.7. The van der Waals surface area contributed by atoms with E-state index in [1.165, 1.54) is 12.1 Å². The van der Waals surface area contributed by atoms with Gasteiger partial charge in [0, 0.05) is 11.3 Å². The van der Waals surface area contributed by atoms with E-state index >= 15 is 0 Å². The molecular weight excluding hydrogens is 423 g/mol. The Labute approximate surface area is 183 Å². The van der Waals surface area contributed by atoms with Crippen LogP contribution < -0.4 is 10.2 Å². The van der Waals surface area contributed by atoms with Gasteiger partial charge < -0.3 is 5.32 Å². The lowest BCUT2D eigenvalue weighted by molar-refractivity contribution is 0.0925. The van der Waals surface area contributed by atoms with Crippen molar-refractivity contribution in [2.45, 2.75) is 13.8 Å². The van der Waals surface area contributed by atoms with E-state index in [1.807, 2.05) is 32.0 Å². The molecule has 0 bridgehead atoms. The van der Waals surface area contributed by atoms with Crippen molar-refractivity contribution in [1.82, 2.24) is 0 Å². The van der Waals surface area contributed by atoms with E-state index in [2.05, 4.69) is 5.32 Å². The molecule has 0 atom stereocenters. The van der Waals surface area contributed by atoms with Gasteiger partial charge in [0.2, 0.25) is 0 Å². The number of carbonyl (C=O) groups is 3. The summed E-state index contributed by atoms with van der Waals surface area (Å²) in [6, 6.07) is 14.7. The lowest BCUT2D eigenvalue weighted by Gasteiger charge is -2.14. The molecule has 3 aromatic carbocycles. The minimum Gasteiger partial charge on any atom is -0.322 e. The van der Waals surface area contributed by atoms with Crippen molar-refractivity contribution in [1.29, 1.82) is 0 Å². The zero-order chi connectivity index (χ0) is 21.6. The molecule has 150 valence electrons. The number of nitrogens with one attached hydrogen (secondary N) is 1. The third-order valence-electron chi connectivity index (χ3n) is 5.08. The molecule has 4 rings (SSSR count). The fourth-order valence-corrected chi connectivity index (χ4v) is 3.58. The summed E-state index contributed by atoms with van der Waals surface area (Å²) in [5, 5.41) is 3.25. The Morgan fingerprint density at radius 3 is 1.90 bits per heavy atom. The van der Waals surface area contributed by atoms with Crippen LogP contribution in [0.1, 0.15) is 42.2 Å². The standard InChI is InChI=1S/C23H16Cl2N2O3/c1-12-3-6-15(9-13(12)2)26-21(28)14-4-7-16(8-5-14)27-22(29)17-10-19(24)20(25)11-18(17)23(27)30/h3-11H,1-2H3,(H,26,28). The zero-order valence-electron chi connectivity index (χ0n) is 16.1. The summed E-state index contributed by atoms with van der Waals surface area (Å²) < 4.78 is 0. The minimum atomic E-state index is -0.485. The van der Waals surface area contributed by atoms with Gasteiger partial charge in [0.05, 0.1) is 26.9 Å². The number of rotatable bonds is 3. The molecule has 5 nitrogen and oxygen atoms in total. The number of carbonyl (C=O) groups excluding carboxylic acids is 3. The third kappa shape index (κ3) is 3.47. The molecule has 1 aliphatic rings. The number of benzene rings is 3. The second-order valence-corrected chi connectivity index (χ2v) is 7.87. The second kappa shape index (κ2) is 7.59. The van der Waals surface area contributed by atoms with Crippen molar-refractivity contribution in [3.8, 4) is 0 Å². The molecule has 3 amide bonds. The molecule has 0 aliphatic carbocycles. The Bertz CT molecular complexity index is 1180. The van der Waals surface area contributed by atoms with E-state index in [4.69, 9.17) is 23.2 Å². The Morgan fingerprint density at radius 1 is 0.800 bits per heavy atom. The lowest BCUT2D eigenvalue weighted by atomic mass is 10.1. The summed E-state index contributed by atoms with van der Waals surface area (Å²) in [7, 11) is 0. The molecule has 30 heavy (non-hydrogen) atoms. The van der Waals surface area contributed by atoms with Crippen LogP contribution in [0.4, 0.5) is 11.4 Å². The highest BCUT2D eigenvalue weighted by atomic mass is 35.5. The molecule has 0 spiro atoms. The summed E-state index contributed by atoms with van der Waals surface area (Å²) in [5.74, 6) is -1.26. The molecule has 0 unspecified atom stereocenters. The van der Waals surface area contributed by atoms with Crippen LogP contribution in [0.25, 0.3) is 0 Å². The molecule has 0 saturated carbocycles. The van der Waals surface area contributed by atoms with Crippen molar-refractivity contribution in [2.75, 3.05) is 10.2 Å². The van der Waals surface area contributed by atoms with Gasteiger partial charge in [-0.25, -0.2) is 4.90 Å². The van der Waals surface area contributed by atoms with Crippen molar-refractivity contribution in [3.63, 3.8) is 0 Å². The molecule has 7 heteroatoms. The van der Waals surface area contributed by atoms with Gasteiger partial charge in [0.15, 0.2) is 0 Å². The normalized spacial score (nSPS) is 12.9. The van der Waals surface area contributed by atoms with Gasteiger partial charge in [-0.2, -0.15) is 0 Å². The van der Waals surface area contributed by atoms with Crippen LogP contribution in [0.2, 0.25) is 10.0 Å². The quantitative estimate of drug-likeness (QED) is 0.536. The number of halogens is 2. The van der Waals surface area contributed by atoms with E-state index in [0.717, 1.165) is 16.0 Å². The van der Waals surface area contributed by atoms with Crippen LogP contribution >= 0.6 is 23.2 Å². The third-order valence-corrected chi connectivity index (χ3v) is 5.80. The Morgan fingerprint density at radius 2 is 1.37 bits per heavy atom. The first-order valence-corrected chi connectivity index (χ1v) is 9.88. The highest BCUT2D eigenvalue weighted by Gasteiger charge is 2.37. The zero-order valence-corrected chi connectivity index (χ0v) is 17.6. The summed E-state index contributed by atoms with van der Waals surface area (Å²) in [6.07, 6.45) is 0. The summed E-state index contributed by atoms with van der Waals surface area (Å²) in [5.41, 5.74) is 4.07. The average Bonchev–Trinajstić information content (AvgIpc) is 2.95. The van der Waals surface area contributed by atoms with E-state index < -0.39 is 11.8 Å². The lowest BCUT2D eigenvalue weighted by Crippen LogP contribution is -2.29. The van der Waals surface area contributed by atoms with Gasteiger partial charge in [0.1, 0.15) is 0 Å². The predicted molar refractivity (Wildman–Crippen MR) is 118 cm³/mol. The molecule has 0 saturated heterocycles. The van der Waals surface area contributed by atoms with Crippen LogP contribution in [0.5, 0.6) is 0 Å². The maximum Gasteiger partial charge on any atom is 0.266 e. The van der Waals surface area contributed by atoms with Crippen molar-refractivity contribution < 1.29 is 14.4 Å². The minimum absolute atomic E-state index is 0.200. The van der Waals surface area contributed by atoms with Gasteiger partial charge in [-0.15, -0.1) is 0 Å². The molecule has 1 aliphatic heterocycles. The summed E-state index contributed by atoms with van der Waals surface area (Å²) in [6.45, 7) is 3.98. The first kappa shape index (κ1) is 20.1. The van der Waals surface area contributed by atoms with Crippen molar-refractivity contribution >= 4 is 52.3 Å². The van der Waals surface area contributed by atoms with Crippen molar-refractivity contribution in [2.24, 2.45) is 0 Å². The van der Waals surface area contributed by atoms with Gasteiger partial charge in [-0.05, 0) is 73.5 Å². The van der Waals surface area contributed by atoms with Gasteiger partial charge in [-0.3, -0.25) is 14.4 Å². The van der Waals surface area contributed by atoms with E-state index in [-0.39, 0.29) is 27.1 Å². The fourth-order valence-electron chi connectivity index (χ4n) is 3.25. The number of hydrogen-bond donors (Lipinski definition) is 1. The van der Waals surface area contributed by atoms with Crippen LogP contribution in [-0.4, -0.2) is 17.7 Å². The van der Waals surface area contributed by atoms with Gasteiger partial charge in [0.25, 0.3) is 17.7 Å². The summed E-state index contributed by atoms with van der Waals surface area (Å²) in [4.78, 5) is 39.0. The average molecular weight is 439 g/mol. The van der Waals surface area contributed by atoms with Crippen LogP contribution in [0.15, 0.2) is 54.6 Å². The largest absolute Gasteiger partial charge is 0.322 e. The molecular formula is C23H16Cl2N2O3. The first-order valence-electron chi connectivity index (χ1n) is 9.13. The van der Waals surface area contributed by atoms with E-state index in [0.29, 0.717) is 16.9 Å². The number of imide groups is 1. The highest BCUT2D eigenvalue weighted by Crippen LogP contribution is 2.34. The van der Waals surface area contributed by atoms with E-state index in [1.54, 1.807) is 24.3 Å². The number of amides is 3. The molecule has 3 aromatic rings. The fraction of sp³-hybridized carbons (Fsp3) is 0.0870. The van der Waals surface area contributed by atoms with Gasteiger partial charge >= 0.3 is 0 Å². The van der Waals surface area contributed by atoms with E-state index in [9.17, 15) is 14.4 Å². The predicted octanol–water partition coefficient (Wildman–Crippen LogP) is 5.66. The Kier molecular flexibility index (Phi) is 5.10. The maximum absolute atomic E-state index is 12.7. The molecule has 1 heterocycles. The number of fused-ring (bicyclic) bond motifs is 1. The Hall–Kier alpha value is -3.15. The number of anilines is 2. The van der Waals surface area contributed by atoms with Crippen molar-refractivity contribution in [3.05, 3.63) is 92.5 Å².